The molecule has 4 rings (SSSR count). The quantitative estimate of drug-likeness (QED) is 0.812. The van der Waals surface area contributed by atoms with Crippen molar-refractivity contribution in [3.8, 4) is 5.75 Å². The maximum Gasteiger partial charge on any atom is 0.171 e. The zero-order valence-electron chi connectivity index (χ0n) is 15.3. The number of rotatable bonds is 3. The summed E-state index contributed by atoms with van der Waals surface area (Å²) in [4.78, 5) is 2.11. The average Bonchev–Trinajstić information content (AvgIpc) is 2.66. The number of fused-ring (bicyclic) bond motifs is 2. The van der Waals surface area contributed by atoms with Crippen LogP contribution in [0.5, 0.6) is 5.75 Å². The molecule has 0 amide bonds. The highest BCUT2D eigenvalue weighted by Gasteiger charge is 2.30. The van der Waals surface area contributed by atoms with Gasteiger partial charge in [0.2, 0.25) is 0 Å². The number of hydrogen-bond acceptors (Lipinski definition) is 3. The molecule has 26 heavy (non-hydrogen) atoms. The van der Waals surface area contributed by atoms with Gasteiger partial charge in [-0.15, -0.1) is 0 Å². The Balaban J connectivity index is 1.76. The van der Waals surface area contributed by atoms with Gasteiger partial charge >= 0.3 is 0 Å². The third-order valence-electron chi connectivity index (χ3n) is 5.17. The Hall–Kier alpha value is -2.53. The Labute approximate surface area is 159 Å². The van der Waals surface area contributed by atoms with E-state index >= 15 is 0 Å². The average molecular weight is 366 g/mol. The Morgan fingerprint density at radius 2 is 1.85 bits per heavy atom. The minimum atomic E-state index is 0.116. The SMILES string of the molecule is COc1ccc2c(c1)CCC1=C2NC(=S)N[C@H]1c1ccc(N(C)C)cc1. The summed E-state index contributed by atoms with van der Waals surface area (Å²) in [6, 6.07) is 15.1. The van der Waals surface area contributed by atoms with Gasteiger partial charge in [0.05, 0.1) is 13.2 Å². The maximum absolute atomic E-state index is 5.51. The second-order valence-electron chi connectivity index (χ2n) is 6.94. The molecule has 2 aliphatic rings. The molecule has 1 atom stereocenters. The molecular formula is C21H23N3OS. The zero-order chi connectivity index (χ0) is 18.3. The third-order valence-corrected chi connectivity index (χ3v) is 5.39. The number of anilines is 1. The molecule has 0 fully saturated rings. The van der Waals surface area contributed by atoms with Crippen molar-refractivity contribution in [1.82, 2.24) is 10.6 Å². The topological polar surface area (TPSA) is 36.5 Å². The van der Waals surface area contributed by atoms with Crippen molar-refractivity contribution in [2.75, 3.05) is 26.1 Å². The van der Waals surface area contributed by atoms with Gasteiger partial charge < -0.3 is 20.3 Å². The van der Waals surface area contributed by atoms with Crippen LogP contribution in [-0.4, -0.2) is 26.3 Å². The first-order chi connectivity index (χ1) is 12.6. The number of nitrogens with zero attached hydrogens (tertiary/aromatic N) is 1. The lowest BCUT2D eigenvalue weighted by molar-refractivity contribution is 0.414. The van der Waals surface area contributed by atoms with Crippen molar-refractivity contribution in [2.24, 2.45) is 0 Å². The van der Waals surface area contributed by atoms with Crippen molar-refractivity contribution in [3.05, 3.63) is 64.7 Å². The van der Waals surface area contributed by atoms with E-state index in [0.29, 0.717) is 5.11 Å². The van der Waals surface area contributed by atoms with E-state index < -0.39 is 0 Å². The van der Waals surface area contributed by atoms with Crippen LogP contribution in [0.25, 0.3) is 5.70 Å². The van der Waals surface area contributed by atoms with E-state index in [4.69, 9.17) is 17.0 Å². The maximum atomic E-state index is 5.51. The van der Waals surface area contributed by atoms with Crippen LogP contribution in [-0.2, 0) is 6.42 Å². The van der Waals surface area contributed by atoms with Crippen LogP contribution in [0.4, 0.5) is 5.69 Å². The van der Waals surface area contributed by atoms with E-state index in [1.807, 2.05) is 6.07 Å². The molecule has 1 heterocycles. The monoisotopic (exact) mass is 365 g/mol. The van der Waals surface area contributed by atoms with Crippen LogP contribution in [0.15, 0.2) is 48.0 Å². The highest BCUT2D eigenvalue weighted by Crippen LogP contribution is 2.39. The highest BCUT2D eigenvalue weighted by atomic mass is 32.1. The second-order valence-corrected chi connectivity index (χ2v) is 7.35. The fourth-order valence-electron chi connectivity index (χ4n) is 3.77. The summed E-state index contributed by atoms with van der Waals surface area (Å²) in [5.74, 6) is 0.903. The lowest BCUT2D eigenvalue weighted by atomic mass is 9.82. The molecule has 2 aromatic rings. The third kappa shape index (κ3) is 2.92. The zero-order valence-corrected chi connectivity index (χ0v) is 16.1. The van der Waals surface area contributed by atoms with Crippen LogP contribution in [0.1, 0.15) is 29.2 Å². The molecule has 2 N–H and O–H groups in total. The molecule has 0 saturated carbocycles. The summed E-state index contributed by atoms with van der Waals surface area (Å²) < 4.78 is 5.38. The minimum Gasteiger partial charge on any atom is -0.497 e. The molecule has 0 radical (unpaired) electrons. The predicted molar refractivity (Wildman–Crippen MR) is 111 cm³/mol. The van der Waals surface area contributed by atoms with Gasteiger partial charge in [-0.1, -0.05) is 12.1 Å². The first-order valence-corrected chi connectivity index (χ1v) is 9.23. The summed E-state index contributed by atoms with van der Waals surface area (Å²) in [6.45, 7) is 0. The van der Waals surface area contributed by atoms with Gasteiger partial charge in [-0.3, -0.25) is 0 Å². The van der Waals surface area contributed by atoms with Gasteiger partial charge in [0.25, 0.3) is 0 Å². The summed E-state index contributed by atoms with van der Waals surface area (Å²) in [5.41, 5.74) is 7.49. The largest absolute Gasteiger partial charge is 0.497 e. The van der Waals surface area contributed by atoms with Crippen molar-refractivity contribution >= 4 is 28.7 Å². The number of aryl methyl sites for hydroxylation is 1. The van der Waals surface area contributed by atoms with Gasteiger partial charge in [-0.25, -0.2) is 0 Å². The summed E-state index contributed by atoms with van der Waals surface area (Å²) in [5, 5.41) is 7.53. The van der Waals surface area contributed by atoms with E-state index in [-0.39, 0.29) is 6.04 Å². The molecule has 0 aromatic heterocycles. The number of nitrogens with one attached hydrogen (secondary N) is 2. The second kappa shape index (κ2) is 6.65. The van der Waals surface area contributed by atoms with E-state index in [1.165, 1.54) is 28.0 Å². The van der Waals surface area contributed by atoms with Crippen molar-refractivity contribution in [3.63, 3.8) is 0 Å². The number of ether oxygens (including phenoxy) is 1. The van der Waals surface area contributed by atoms with Crippen molar-refractivity contribution in [1.29, 1.82) is 0 Å². The van der Waals surface area contributed by atoms with Crippen LogP contribution >= 0.6 is 12.2 Å². The van der Waals surface area contributed by atoms with Gasteiger partial charge in [0, 0.05) is 31.0 Å². The molecule has 0 bridgehead atoms. The molecule has 0 saturated heterocycles. The molecular weight excluding hydrogens is 342 g/mol. The molecule has 0 spiro atoms. The molecule has 0 unspecified atom stereocenters. The summed E-state index contributed by atoms with van der Waals surface area (Å²) in [6.07, 6.45) is 2.01. The standard InChI is InChI=1S/C21H23N3OS/c1-24(2)15-7-4-13(5-8-15)19-18-10-6-14-12-16(25-3)9-11-17(14)20(18)23-21(26)22-19/h4-5,7-9,11-12,19H,6,10H2,1-3H3,(H2,22,23,26)/t19-/m0/s1. The van der Waals surface area contributed by atoms with E-state index in [0.717, 1.165) is 24.3 Å². The number of thiocarbonyl (C=S) groups is 1. The Kier molecular flexibility index (Phi) is 4.32. The molecule has 134 valence electrons. The lowest BCUT2D eigenvalue weighted by Crippen LogP contribution is -2.44. The Morgan fingerprint density at radius 1 is 1.08 bits per heavy atom. The van der Waals surface area contributed by atoms with Crippen LogP contribution in [0.2, 0.25) is 0 Å². The Bertz CT molecular complexity index is 887. The van der Waals surface area contributed by atoms with Gasteiger partial charge in [0.15, 0.2) is 5.11 Å². The minimum absolute atomic E-state index is 0.116. The van der Waals surface area contributed by atoms with E-state index in [9.17, 15) is 0 Å². The fraction of sp³-hybridized carbons (Fsp3) is 0.286. The van der Waals surface area contributed by atoms with Gasteiger partial charge in [-0.2, -0.15) is 0 Å². The normalized spacial score (nSPS) is 18.4. The highest BCUT2D eigenvalue weighted by molar-refractivity contribution is 7.80. The van der Waals surface area contributed by atoms with Crippen LogP contribution in [0, 0.1) is 0 Å². The first kappa shape index (κ1) is 16.9. The number of benzene rings is 2. The molecule has 1 aliphatic heterocycles. The van der Waals surface area contributed by atoms with Crippen LogP contribution < -0.4 is 20.3 Å². The van der Waals surface area contributed by atoms with Crippen molar-refractivity contribution in [2.45, 2.75) is 18.9 Å². The van der Waals surface area contributed by atoms with Gasteiger partial charge in [-0.05, 0) is 72.1 Å². The number of hydrogen-bond donors (Lipinski definition) is 2. The smallest absolute Gasteiger partial charge is 0.171 e. The summed E-state index contributed by atoms with van der Waals surface area (Å²) in [7, 11) is 5.82. The number of methoxy groups -OCH3 is 1. The van der Waals surface area contributed by atoms with Crippen molar-refractivity contribution < 1.29 is 4.74 Å². The molecule has 4 nitrogen and oxygen atoms in total. The van der Waals surface area contributed by atoms with Crippen LogP contribution in [0.3, 0.4) is 0 Å². The fourth-order valence-corrected chi connectivity index (χ4v) is 3.99. The molecule has 5 heteroatoms. The first-order valence-electron chi connectivity index (χ1n) is 8.82. The molecule has 2 aromatic carbocycles. The predicted octanol–water partition coefficient (Wildman–Crippen LogP) is 3.64. The van der Waals surface area contributed by atoms with E-state index in [1.54, 1.807) is 7.11 Å². The molecule has 1 aliphatic carbocycles. The van der Waals surface area contributed by atoms with Gasteiger partial charge in [0.1, 0.15) is 5.75 Å². The lowest BCUT2D eigenvalue weighted by Gasteiger charge is -2.36. The summed E-state index contributed by atoms with van der Waals surface area (Å²) >= 11 is 5.51. The Morgan fingerprint density at radius 3 is 2.54 bits per heavy atom. The van der Waals surface area contributed by atoms with E-state index in [2.05, 4.69) is 66.0 Å².